The molecule has 0 aliphatic rings. The van der Waals surface area contributed by atoms with Crippen LogP contribution in [0.1, 0.15) is 5.56 Å². The standard InChI is InChI=1S/C17H10N4S/c18-9-14(10-19)20-11-12-6-7-15-16(8-12)22-17(21-15)13-4-2-1-3-5-13/h1-8H,11H2. The summed E-state index contributed by atoms with van der Waals surface area (Å²) in [5.41, 5.74) is 2.89. The van der Waals surface area contributed by atoms with Crippen LogP contribution >= 0.6 is 11.3 Å². The molecule has 0 aliphatic carbocycles. The molecular weight excluding hydrogens is 292 g/mol. The van der Waals surface area contributed by atoms with Crippen LogP contribution in [0.2, 0.25) is 0 Å². The first-order valence-corrected chi connectivity index (χ1v) is 7.41. The van der Waals surface area contributed by atoms with Crippen molar-refractivity contribution in [1.29, 1.82) is 10.5 Å². The molecule has 0 aliphatic heterocycles. The zero-order valence-electron chi connectivity index (χ0n) is 11.5. The summed E-state index contributed by atoms with van der Waals surface area (Å²) in [4.78, 5) is 8.61. The van der Waals surface area contributed by atoms with Crippen LogP contribution in [0.4, 0.5) is 0 Å². The van der Waals surface area contributed by atoms with Crippen molar-refractivity contribution < 1.29 is 0 Å². The first-order valence-electron chi connectivity index (χ1n) is 6.59. The fourth-order valence-corrected chi connectivity index (χ4v) is 3.07. The van der Waals surface area contributed by atoms with Gasteiger partial charge in [0.15, 0.2) is 0 Å². The largest absolute Gasteiger partial charge is 0.260 e. The molecule has 3 aromatic rings. The van der Waals surface area contributed by atoms with Gasteiger partial charge < -0.3 is 0 Å². The molecule has 0 bridgehead atoms. The SMILES string of the molecule is N#CC(C#N)=NCc1ccc2nc(-c3ccccc3)sc2c1. The molecule has 22 heavy (non-hydrogen) atoms. The molecule has 0 N–H and O–H groups in total. The van der Waals surface area contributed by atoms with Crippen LogP contribution in [0.25, 0.3) is 20.8 Å². The van der Waals surface area contributed by atoms with E-state index in [1.165, 1.54) is 0 Å². The molecule has 0 radical (unpaired) electrons. The molecule has 2 aromatic carbocycles. The number of fused-ring (bicyclic) bond motifs is 1. The predicted octanol–water partition coefficient (Wildman–Crippen LogP) is 3.95. The summed E-state index contributed by atoms with van der Waals surface area (Å²) in [6.45, 7) is 0.324. The third-order valence-corrected chi connectivity index (χ3v) is 4.17. The molecule has 104 valence electrons. The zero-order valence-corrected chi connectivity index (χ0v) is 12.3. The minimum absolute atomic E-state index is 0.102. The van der Waals surface area contributed by atoms with Crippen LogP contribution in [0, 0.1) is 22.7 Å². The van der Waals surface area contributed by atoms with Gasteiger partial charge in [-0.15, -0.1) is 11.3 Å². The van der Waals surface area contributed by atoms with Crippen molar-refractivity contribution in [1.82, 2.24) is 4.98 Å². The van der Waals surface area contributed by atoms with Gasteiger partial charge in [0.2, 0.25) is 5.71 Å². The second-order valence-corrected chi connectivity index (χ2v) is 5.61. The quantitative estimate of drug-likeness (QED) is 0.687. The number of thiazole rings is 1. The smallest absolute Gasteiger partial charge is 0.213 e. The lowest BCUT2D eigenvalue weighted by molar-refractivity contribution is 1.08. The second kappa shape index (κ2) is 6.17. The zero-order chi connectivity index (χ0) is 15.4. The minimum atomic E-state index is -0.102. The topological polar surface area (TPSA) is 72.8 Å². The normalized spacial score (nSPS) is 9.91. The van der Waals surface area contributed by atoms with Crippen LogP contribution < -0.4 is 0 Å². The first kappa shape index (κ1) is 13.9. The Hall–Kier alpha value is -3.02. The average molecular weight is 302 g/mol. The number of aliphatic imine (C=N–C) groups is 1. The Kier molecular flexibility index (Phi) is 3.91. The number of rotatable bonds is 3. The Morgan fingerprint density at radius 1 is 1.09 bits per heavy atom. The molecule has 4 nitrogen and oxygen atoms in total. The van der Waals surface area contributed by atoms with Gasteiger partial charge in [-0.2, -0.15) is 10.5 Å². The summed E-state index contributed by atoms with van der Waals surface area (Å²) >= 11 is 1.62. The number of hydrogen-bond acceptors (Lipinski definition) is 5. The van der Waals surface area contributed by atoms with E-state index < -0.39 is 0 Å². The molecule has 1 aromatic heterocycles. The highest BCUT2D eigenvalue weighted by Crippen LogP contribution is 2.30. The van der Waals surface area contributed by atoms with E-state index in [4.69, 9.17) is 10.5 Å². The molecule has 0 spiro atoms. The van der Waals surface area contributed by atoms with Gasteiger partial charge in [-0.25, -0.2) is 4.98 Å². The summed E-state index contributed by atoms with van der Waals surface area (Å²) < 4.78 is 1.07. The van der Waals surface area contributed by atoms with Crippen LogP contribution in [0.3, 0.4) is 0 Å². The maximum Gasteiger partial charge on any atom is 0.213 e. The Balaban J connectivity index is 1.93. The average Bonchev–Trinajstić information content (AvgIpc) is 3.00. The van der Waals surface area contributed by atoms with Gasteiger partial charge in [-0.1, -0.05) is 36.4 Å². The van der Waals surface area contributed by atoms with Crippen LogP contribution in [0.5, 0.6) is 0 Å². The highest BCUT2D eigenvalue weighted by atomic mass is 32.1. The highest BCUT2D eigenvalue weighted by Gasteiger charge is 2.06. The number of benzene rings is 2. The van der Waals surface area contributed by atoms with E-state index in [-0.39, 0.29) is 5.71 Å². The summed E-state index contributed by atoms with van der Waals surface area (Å²) in [6, 6.07) is 19.4. The summed E-state index contributed by atoms with van der Waals surface area (Å²) in [6.07, 6.45) is 0. The predicted molar refractivity (Wildman–Crippen MR) is 87.4 cm³/mol. The van der Waals surface area contributed by atoms with Gasteiger partial charge in [-0.05, 0) is 17.7 Å². The Morgan fingerprint density at radius 3 is 2.59 bits per heavy atom. The maximum absolute atomic E-state index is 8.69. The van der Waals surface area contributed by atoms with Crippen molar-refractivity contribution >= 4 is 27.3 Å². The lowest BCUT2D eigenvalue weighted by atomic mass is 10.2. The van der Waals surface area contributed by atoms with Gasteiger partial charge in [0.25, 0.3) is 0 Å². The van der Waals surface area contributed by atoms with Crippen molar-refractivity contribution in [2.75, 3.05) is 0 Å². The van der Waals surface area contributed by atoms with E-state index in [1.807, 2.05) is 48.5 Å². The maximum atomic E-state index is 8.69. The Bertz CT molecular complexity index is 911. The van der Waals surface area contributed by atoms with E-state index in [0.717, 1.165) is 26.4 Å². The molecule has 3 rings (SSSR count). The first-order chi connectivity index (χ1) is 10.8. The van der Waals surface area contributed by atoms with E-state index in [9.17, 15) is 0 Å². The fraction of sp³-hybridized carbons (Fsp3) is 0.0588. The molecular formula is C17H10N4S. The lowest BCUT2D eigenvalue weighted by Gasteiger charge is -1.95. The van der Waals surface area contributed by atoms with Gasteiger partial charge in [0, 0.05) is 5.56 Å². The van der Waals surface area contributed by atoms with E-state index >= 15 is 0 Å². The third-order valence-electron chi connectivity index (χ3n) is 3.11. The molecule has 0 amide bonds. The van der Waals surface area contributed by atoms with Gasteiger partial charge in [0.1, 0.15) is 17.1 Å². The monoisotopic (exact) mass is 302 g/mol. The third kappa shape index (κ3) is 2.85. The lowest BCUT2D eigenvalue weighted by Crippen LogP contribution is -1.90. The molecule has 1 heterocycles. The van der Waals surface area contributed by atoms with E-state index in [2.05, 4.69) is 9.98 Å². The van der Waals surface area contributed by atoms with Gasteiger partial charge in [-0.3, -0.25) is 4.99 Å². The van der Waals surface area contributed by atoms with Crippen molar-refractivity contribution in [2.45, 2.75) is 6.54 Å². The Labute approximate surface area is 131 Å². The highest BCUT2D eigenvalue weighted by molar-refractivity contribution is 7.21. The van der Waals surface area contributed by atoms with Crippen molar-refractivity contribution in [3.8, 4) is 22.7 Å². The van der Waals surface area contributed by atoms with Crippen LogP contribution in [-0.2, 0) is 6.54 Å². The number of nitriles is 2. The molecule has 0 saturated carbocycles. The molecule has 5 heteroatoms. The minimum Gasteiger partial charge on any atom is -0.260 e. The van der Waals surface area contributed by atoms with Crippen LogP contribution in [0.15, 0.2) is 53.5 Å². The van der Waals surface area contributed by atoms with Crippen molar-refractivity contribution in [3.05, 3.63) is 54.1 Å². The van der Waals surface area contributed by atoms with Gasteiger partial charge in [0.05, 0.1) is 16.8 Å². The summed E-state index contributed by atoms with van der Waals surface area (Å²) in [5, 5.41) is 18.4. The van der Waals surface area contributed by atoms with Crippen molar-refractivity contribution in [3.63, 3.8) is 0 Å². The second-order valence-electron chi connectivity index (χ2n) is 4.58. The molecule has 0 unspecified atom stereocenters. The summed E-state index contributed by atoms with van der Waals surface area (Å²) in [7, 11) is 0. The summed E-state index contributed by atoms with van der Waals surface area (Å²) in [5.74, 6) is 0. The number of nitrogens with zero attached hydrogens (tertiary/aromatic N) is 4. The van der Waals surface area contributed by atoms with E-state index in [0.29, 0.717) is 6.54 Å². The van der Waals surface area contributed by atoms with E-state index in [1.54, 1.807) is 23.5 Å². The molecule has 0 saturated heterocycles. The molecule has 0 atom stereocenters. The number of aromatic nitrogens is 1. The van der Waals surface area contributed by atoms with Crippen molar-refractivity contribution in [2.24, 2.45) is 4.99 Å². The number of hydrogen-bond donors (Lipinski definition) is 0. The van der Waals surface area contributed by atoms with Gasteiger partial charge >= 0.3 is 0 Å². The fourth-order valence-electron chi connectivity index (χ4n) is 2.04. The Morgan fingerprint density at radius 2 is 1.86 bits per heavy atom. The molecule has 0 fully saturated rings. The van der Waals surface area contributed by atoms with Crippen LogP contribution in [-0.4, -0.2) is 10.7 Å².